The van der Waals surface area contributed by atoms with Crippen LogP contribution in [0.2, 0.25) is 0 Å². The van der Waals surface area contributed by atoms with Gasteiger partial charge in [-0.25, -0.2) is 0 Å². The zero-order valence-electron chi connectivity index (χ0n) is 14.2. The van der Waals surface area contributed by atoms with Gasteiger partial charge in [0.05, 0.1) is 20.1 Å². The SMILES string of the molecule is COc1ccc(CCN2CC(C(=O)O)CC2=O)cc1OC.[2HH].[2HH].[2H][2H]. The zero-order chi connectivity index (χ0) is 17.4. The molecule has 1 fully saturated rings. The number of methoxy groups -OCH3 is 2. The zero-order valence-corrected chi connectivity index (χ0v) is 12.2. The summed E-state index contributed by atoms with van der Waals surface area (Å²) in [5.41, 5.74) is 1.01. The third-order valence-corrected chi connectivity index (χ3v) is 3.68. The van der Waals surface area contributed by atoms with E-state index in [0.717, 1.165) is 5.56 Å². The van der Waals surface area contributed by atoms with Crippen molar-refractivity contribution in [3.63, 3.8) is 0 Å². The quantitative estimate of drug-likeness (QED) is 0.869. The average Bonchev–Trinajstić information content (AvgIpc) is 2.95. The molecule has 0 saturated carbocycles. The molecular weight excluding hydrogens is 274 g/mol. The minimum atomic E-state index is -0.906. The highest BCUT2D eigenvalue weighted by Gasteiger charge is 2.33. The van der Waals surface area contributed by atoms with Gasteiger partial charge in [0.1, 0.15) is 0 Å². The Hall–Kier alpha value is -2.24. The number of carbonyl (C=O) groups is 2. The van der Waals surface area contributed by atoms with Gasteiger partial charge in [-0.1, -0.05) is 6.07 Å². The Bertz CT molecular complexity index is 559. The third kappa shape index (κ3) is 3.45. The van der Waals surface area contributed by atoms with Crippen LogP contribution in [0.3, 0.4) is 0 Å². The summed E-state index contributed by atoms with van der Waals surface area (Å²) in [5, 5.41) is 8.95. The van der Waals surface area contributed by atoms with Crippen molar-refractivity contribution in [2.75, 3.05) is 27.3 Å². The van der Waals surface area contributed by atoms with Gasteiger partial charge in [-0.3, -0.25) is 9.59 Å². The number of carboxylic acids is 1. The van der Waals surface area contributed by atoms with Gasteiger partial charge in [-0.15, -0.1) is 0 Å². The highest BCUT2D eigenvalue weighted by Crippen LogP contribution is 2.28. The lowest BCUT2D eigenvalue weighted by Gasteiger charge is -2.16. The monoisotopic (exact) mass is 303 g/mol. The number of ether oxygens (including phenoxy) is 2. The van der Waals surface area contributed by atoms with E-state index in [9.17, 15) is 9.59 Å². The van der Waals surface area contributed by atoms with Crippen LogP contribution in [0.4, 0.5) is 0 Å². The van der Waals surface area contributed by atoms with Crippen LogP contribution < -0.4 is 9.47 Å². The van der Waals surface area contributed by atoms with E-state index < -0.39 is 11.9 Å². The maximum absolute atomic E-state index is 11.8. The Morgan fingerprint density at radius 3 is 2.71 bits per heavy atom. The molecule has 0 radical (unpaired) electrons. The molecule has 1 N–H and O–H groups in total. The van der Waals surface area contributed by atoms with E-state index in [-0.39, 0.29) is 15.2 Å². The van der Waals surface area contributed by atoms with E-state index in [1.54, 1.807) is 19.1 Å². The van der Waals surface area contributed by atoms with Gasteiger partial charge in [0.15, 0.2) is 11.5 Å². The Morgan fingerprint density at radius 2 is 2.14 bits per heavy atom. The molecule has 0 spiro atoms. The molecule has 1 amide bonds. The second kappa shape index (κ2) is 6.47. The molecule has 1 atom stereocenters. The van der Waals surface area contributed by atoms with E-state index in [0.29, 0.717) is 31.0 Å². The molecule has 1 aromatic rings. The Labute approximate surface area is 129 Å². The summed E-state index contributed by atoms with van der Waals surface area (Å²) in [6.07, 6.45) is 0.750. The van der Waals surface area contributed by atoms with Crippen molar-refractivity contribution >= 4 is 11.9 Å². The molecule has 6 heteroatoms. The van der Waals surface area contributed by atoms with Crippen LogP contribution in [0, 0.1) is 5.92 Å². The number of hydrogen-bond acceptors (Lipinski definition) is 4. The first-order valence-electron chi connectivity index (χ1n) is 7.76. The summed E-state index contributed by atoms with van der Waals surface area (Å²) in [6, 6.07) is 5.60. The van der Waals surface area contributed by atoms with Crippen molar-refractivity contribution in [3.8, 4) is 11.5 Å². The number of carbonyl (C=O) groups excluding carboxylic acids is 1. The van der Waals surface area contributed by atoms with E-state index in [2.05, 4.69) is 0 Å². The van der Waals surface area contributed by atoms with E-state index >= 15 is 0 Å². The van der Waals surface area contributed by atoms with Crippen LogP contribution >= 0.6 is 0 Å². The molecule has 1 unspecified atom stereocenters. The average molecular weight is 303 g/mol. The molecule has 1 aliphatic rings. The predicted molar refractivity (Wildman–Crippen MR) is 81.9 cm³/mol. The molecule has 1 heterocycles. The lowest BCUT2D eigenvalue weighted by Crippen LogP contribution is -2.28. The van der Waals surface area contributed by atoms with Gasteiger partial charge < -0.3 is 19.5 Å². The fourth-order valence-electron chi connectivity index (χ4n) is 2.45. The molecule has 6 nitrogen and oxygen atoms in total. The maximum Gasteiger partial charge on any atom is 0.308 e. The highest BCUT2D eigenvalue weighted by molar-refractivity contribution is 5.86. The standard InChI is InChI=1S/C15H19NO5.3H2/c1-20-12-4-3-10(7-13(12)21-2)5-6-16-9-11(15(18)19)8-14(16)17;;;/h3-4,7,11H,5-6,8-9H2,1-2H3,(H,18,19);3*1H/i;1+1D;2*1+1. The summed E-state index contributed by atoms with van der Waals surface area (Å²) in [4.78, 5) is 24.3. The molecule has 0 aliphatic carbocycles. The van der Waals surface area contributed by atoms with Crippen molar-refractivity contribution in [2.45, 2.75) is 12.8 Å². The first-order chi connectivity index (χ1) is 11.0. The topological polar surface area (TPSA) is 76.1 Å². The summed E-state index contributed by atoms with van der Waals surface area (Å²) in [5.74, 6) is -0.279. The van der Waals surface area contributed by atoms with Crippen molar-refractivity contribution in [1.82, 2.24) is 4.90 Å². The highest BCUT2D eigenvalue weighted by atomic mass is 16.5. The third-order valence-electron chi connectivity index (χ3n) is 3.68. The van der Waals surface area contributed by atoms with E-state index in [1.165, 1.54) is 0 Å². The summed E-state index contributed by atoms with van der Waals surface area (Å²) < 4.78 is 20.4. The number of aliphatic carboxylic acids is 1. The van der Waals surface area contributed by atoms with E-state index in [1.807, 2.05) is 18.2 Å². The Balaban J connectivity index is 0. The van der Waals surface area contributed by atoms with E-state index in [4.69, 9.17) is 17.5 Å². The molecule has 2 rings (SSSR count). The number of likely N-dealkylation sites (tertiary alicyclic amines) is 1. The number of carboxylic acid groups (broad SMARTS) is 1. The normalized spacial score (nSPS) is 18.3. The number of amides is 1. The van der Waals surface area contributed by atoms with Crippen LogP contribution in [-0.4, -0.2) is 49.2 Å². The minimum absolute atomic E-state index is 0. The molecule has 0 bridgehead atoms. The fraction of sp³-hybridized carbons (Fsp3) is 0.467. The fourth-order valence-corrected chi connectivity index (χ4v) is 2.45. The number of rotatable bonds is 6. The first kappa shape index (κ1) is 13.7. The van der Waals surface area contributed by atoms with Crippen molar-refractivity contribution in [1.29, 1.82) is 0 Å². The molecule has 1 aliphatic heterocycles. The van der Waals surface area contributed by atoms with Gasteiger partial charge in [-0.05, 0) is 24.1 Å². The van der Waals surface area contributed by atoms with Crippen molar-refractivity contribution in [2.24, 2.45) is 5.92 Å². The Morgan fingerprint density at radius 1 is 1.43 bits per heavy atom. The van der Waals surface area contributed by atoms with Gasteiger partial charge >= 0.3 is 5.97 Å². The van der Waals surface area contributed by atoms with Crippen LogP contribution in [0.5, 0.6) is 11.5 Å². The molecule has 120 valence electrons. The molecule has 21 heavy (non-hydrogen) atoms. The van der Waals surface area contributed by atoms with Crippen molar-refractivity contribution < 1.29 is 30.0 Å². The molecule has 1 aromatic carbocycles. The molecule has 0 aromatic heterocycles. The smallest absolute Gasteiger partial charge is 0.308 e. The number of nitrogens with zero attached hydrogens (tertiary/aromatic N) is 1. The lowest BCUT2D eigenvalue weighted by atomic mass is 10.1. The first-order valence-corrected chi connectivity index (χ1v) is 6.76. The van der Waals surface area contributed by atoms with Gasteiger partial charge in [0.2, 0.25) is 5.91 Å². The number of hydrogen-bond donors (Lipinski definition) is 1. The van der Waals surface area contributed by atoms with Crippen LogP contribution in [-0.2, 0) is 16.0 Å². The van der Waals surface area contributed by atoms with Crippen molar-refractivity contribution in [3.05, 3.63) is 23.8 Å². The number of benzene rings is 1. The van der Waals surface area contributed by atoms with Gasteiger partial charge in [0.25, 0.3) is 0 Å². The lowest BCUT2D eigenvalue weighted by molar-refractivity contribution is -0.141. The van der Waals surface area contributed by atoms with Gasteiger partial charge in [-0.2, -0.15) is 0 Å². The molecule has 1 saturated heterocycles. The minimum Gasteiger partial charge on any atom is -0.493 e. The second-order valence-electron chi connectivity index (χ2n) is 5.02. The van der Waals surface area contributed by atoms with Gasteiger partial charge in [0, 0.05) is 25.3 Å². The largest absolute Gasteiger partial charge is 0.493 e. The predicted octanol–water partition coefficient (Wildman–Crippen LogP) is 1.92. The molecular formula is C15H25NO5. The summed E-state index contributed by atoms with van der Waals surface area (Å²) >= 11 is 0. The van der Waals surface area contributed by atoms with Crippen LogP contribution in [0.15, 0.2) is 18.2 Å². The maximum atomic E-state index is 11.8. The van der Waals surface area contributed by atoms with Crippen LogP contribution in [0.25, 0.3) is 0 Å². The second-order valence-corrected chi connectivity index (χ2v) is 5.02. The summed E-state index contributed by atoms with van der Waals surface area (Å²) in [7, 11) is 3.15. The Kier molecular flexibility index (Phi) is 4.23. The van der Waals surface area contributed by atoms with Crippen LogP contribution in [0.1, 0.15) is 17.8 Å². The summed E-state index contributed by atoms with van der Waals surface area (Å²) in [6.45, 7) is 0.805.